The van der Waals surface area contributed by atoms with Crippen molar-refractivity contribution in [1.29, 1.82) is 0 Å². The molecule has 0 radical (unpaired) electrons. The summed E-state index contributed by atoms with van der Waals surface area (Å²) in [5.74, 6) is 1.12. The van der Waals surface area contributed by atoms with E-state index in [-0.39, 0.29) is 4.90 Å². The van der Waals surface area contributed by atoms with Gasteiger partial charge in [0, 0.05) is 16.3 Å². The fraction of sp³-hybridized carbons (Fsp3) is 0.500. The highest BCUT2D eigenvalue weighted by Crippen LogP contribution is 2.27. The molecule has 0 amide bonds. The summed E-state index contributed by atoms with van der Waals surface area (Å²) < 4.78 is 27.6. The van der Waals surface area contributed by atoms with Crippen molar-refractivity contribution >= 4 is 49.3 Å². The van der Waals surface area contributed by atoms with Crippen LogP contribution in [0, 0.1) is 0 Å². The Morgan fingerprint density at radius 2 is 2.21 bits per heavy atom. The lowest BCUT2D eigenvalue weighted by Gasteiger charge is -2.21. The molecule has 0 aromatic heterocycles. The van der Waals surface area contributed by atoms with Crippen LogP contribution in [-0.2, 0) is 10.0 Å². The fourth-order valence-electron chi connectivity index (χ4n) is 1.90. The number of hydrogen-bond acceptors (Lipinski definition) is 3. The minimum Gasteiger partial charge on any atom is -0.210 e. The van der Waals surface area contributed by atoms with Gasteiger partial charge in [-0.1, -0.05) is 18.0 Å². The van der Waals surface area contributed by atoms with Crippen molar-refractivity contribution in [3.63, 3.8) is 0 Å². The van der Waals surface area contributed by atoms with Crippen molar-refractivity contribution in [2.75, 3.05) is 12.3 Å². The Labute approximate surface area is 131 Å². The lowest BCUT2D eigenvalue weighted by molar-refractivity contribution is 0.574. The van der Waals surface area contributed by atoms with E-state index in [1.54, 1.807) is 6.07 Å². The van der Waals surface area contributed by atoms with Crippen molar-refractivity contribution in [3.8, 4) is 0 Å². The van der Waals surface area contributed by atoms with Gasteiger partial charge in [0.1, 0.15) is 0 Å². The molecule has 0 aliphatic carbocycles. The van der Waals surface area contributed by atoms with Gasteiger partial charge in [-0.3, -0.25) is 0 Å². The molecular weight excluding hydrogens is 370 g/mol. The average molecular weight is 385 g/mol. The van der Waals surface area contributed by atoms with Gasteiger partial charge in [0.2, 0.25) is 10.0 Å². The molecular formula is C12H15BrClNO2S2. The zero-order valence-corrected chi connectivity index (χ0v) is 14.2. The van der Waals surface area contributed by atoms with E-state index in [1.165, 1.54) is 25.0 Å². The molecule has 1 atom stereocenters. The van der Waals surface area contributed by atoms with Crippen LogP contribution in [0.4, 0.5) is 0 Å². The van der Waals surface area contributed by atoms with E-state index >= 15 is 0 Å². The highest BCUT2D eigenvalue weighted by Gasteiger charge is 2.19. The van der Waals surface area contributed by atoms with E-state index in [0.29, 0.717) is 21.3 Å². The first-order valence-electron chi connectivity index (χ1n) is 6.05. The Bertz CT molecular complexity index is 545. The molecule has 1 aliphatic heterocycles. The first-order valence-corrected chi connectivity index (χ1v) is 9.75. The van der Waals surface area contributed by atoms with Crippen LogP contribution in [0.15, 0.2) is 27.6 Å². The zero-order valence-electron chi connectivity index (χ0n) is 10.2. The van der Waals surface area contributed by atoms with Gasteiger partial charge in [-0.2, -0.15) is 11.8 Å². The molecule has 1 fully saturated rings. The predicted molar refractivity (Wildman–Crippen MR) is 84.4 cm³/mol. The first kappa shape index (κ1) is 15.6. The van der Waals surface area contributed by atoms with E-state index in [9.17, 15) is 8.42 Å². The van der Waals surface area contributed by atoms with Crippen LogP contribution in [0.1, 0.15) is 19.3 Å². The molecule has 19 heavy (non-hydrogen) atoms. The maximum absolute atomic E-state index is 12.2. The summed E-state index contributed by atoms with van der Waals surface area (Å²) in [5.41, 5.74) is 0. The summed E-state index contributed by atoms with van der Waals surface area (Å²) in [6.07, 6.45) is 3.50. The van der Waals surface area contributed by atoms with Crippen LogP contribution in [0.25, 0.3) is 0 Å². The van der Waals surface area contributed by atoms with Gasteiger partial charge in [0.05, 0.1) is 9.92 Å². The summed E-state index contributed by atoms with van der Waals surface area (Å²) in [6.45, 7) is 0.493. The molecule has 3 nitrogen and oxygen atoms in total. The molecule has 2 rings (SSSR count). The van der Waals surface area contributed by atoms with Crippen molar-refractivity contribution < 1.29 is 8.42 Å². The largest absolute Gasteiger partial charge is 0.240 e. The zero-order chi connectivity index (χ0) is 13.9. The molecule has 106 valence electrons. The molecule has 1 saturated heterocycles. The third-order valence-corrected chi connectivity index (χ3v) is 7.01. The highest BCUT2D eigenvalue weighted by atomic mass is 79.9. The number of benzene rings is 1. The van der Waals surface area contributed by atoms with Crippen molar-refractivity contribution in [2.45, 2.75) is 29.4 Å². The maximum Gasteiger partial charge on any atom is 0.240 e. The molecule has 1 N–H and O–H groups in total. The second-order valence-electron chi connectivity index (χ2n) is 4.42. The molecule has 1 heterocycles. The van der Waals surface area contributed by atoms with E-state index in [2.05, 4.69) is 20.7 Å². The van der Waals surface area contributed by atoms with Gasteiger partial charge in [0.15, 0.2) is 0 Å². The number of halogens is 2. The molecule has 1 unspecified atom stereocenters. The smallest absolute Gasteiger partial charge is 0.210 e. The normalized spacial score (nSPS) is 20.4. The Morgan fingerprint density at radius 3 is 2.84 bits per heavy atom. The molecule has 0 spiro atoms. The van der Waals surface area contributed by atoms with Gasteiger partial charge >= 0.3 is 0 Å². The van der Waals surface area contributed by atoms with Crippen LogP contribution in [0.2, 0.25) is 5.02 Å². The van der Waals surface area contributed by atoms with Crippen LogP contribution >= 0.6 is 39.3 Å². The second-order valence-corrected chi connectivity index (χ2v) is 8.85. The SMILES string of the molecule is O=S(=O)(NCC1CCCCS1)c1ccc(Cl)c(Br)c1. The quantitative estimate of drug-likeness (QED) is 0.861. The minimum absolute atomic E-state index is 0.240. The van der Waals surface area contributed by atoms with Crippen molar-refractivity contribution in [2.24, 2.45) is 0 Å². The molecule has 1 aromatic carbocycles. The van der Waals surface area contributed by atoms with Crippen molar-refractivity contribution in [1.82, 2.24) is 4.72 Å². The van der Waals surface area contributed by atoms with E-state index in [4.69, 9.17) is 11.6 Å². The topological polar surface area (TPSA) is 46.2 Å². The summed E-state index contributed by atoms with van der Waals surface area (Å²) in [6, 6.07) is 4.62. The summed E-state index contributed by atoms with van der Waals surface area (Å²) in [7, 11) is -3.45. The molecule has 7 heteroatoms. The van der Waals surface area contributed by atoms with E-state index < -0.39 is 10.0 Å². The minimum atomic E-state index is -3.45. The van der Waals surface area contributed by atoms with Crippen LogP contribution in [0.5, 0.6) is 0 Å². The summed E-state index contributed by atoms with van der Waals surface area (Å²) in [5, 5.41) is 0.890. The van der Waals surface area contributed by atoms with Crippen LogP contribution < -0.4 is 4.72 Å². The van der Waals surface area contributed by atoms with E-state index in [0.717, 1.165) is 12.2 Å². The number of nitrogens with one attached hydrogen (secondary N) is 1. The molecule has 1 aromatic rings. The first-order chi connectivity index (χ1) is 8.99. The third-order valence-electron chi connectivity index (χ3n) is 2.98. The van der Waals surface area contributed by atoms with Gasteiger partial charge < -0.3 is 0 Å². The number of hydrogen-bond donors (Lipinski definition) is 1. The average Bonchev–Trinajstić information content (AvgIpc) is 2.41. The standard InChI is InChI=1S/C12H15BrClNO2S2/c13-11-7-10(4-5-12(11)14)19(16,17)15-8-9-3-1-2-6-18-9/h4-5,7,9,15H,1-3,6,8H2. The van der Waals surface area contributed by atoms with Crippen LogP contribution in [-0.4, -0.2) is 26.0 Å². The van der Waals surface area contributed by atoms with Crippen molar-refractivity contribution in [3.05, 3.63) is 27.7 Å². The second kappa shape index (κ2) is 6.80. The van der Waals surface area contributed by atoms with Gasteiger partial charge in [-0.05, 0) is 52.7 Å². The lowest BCUT2D eigenvalue weighted by atomic mass is 10.2. The number of thioether (sulfide) groups is 1. The molecule has 1 aliphatic rings. The van der Waals surface area contributed by atoms with Crippen LogP contribution in [0.3, 0.4) is 0 Å². The monoisotopic (exact) mass is 383 g/mol. The fourth-order valence-corrected chi connectivity index (χ4v) is 5.00. The highest BCUT2D eigenvalue weighted by molar-refractivity contribution is 9.10. The maximum atomic E-state index is 12.2. The molecule has 0 saturated carbocycles. The predicted octanol–water partition coefficient (Wildman–Crippen LogP) is 3.67. The lowest BCUT2D eigenvalue weighted by Crippen LogP contribution is -2.32. The number of rotatable bonds is 4. The number of sulfonamides is 1. The van der Waals surface area contributed by atoms with E-state index in [1.807, 2.05) is 11.8 Å². The van der Waals surface area contributed by atoms with Gasteiger partial charge in [0.25, 0.3) is 0 Å². The molecule has 0 bridgehead atoms. The Hall–Kier alpha value is 0.250. The Balaban J connectivity index is 2.02. The third kappa shape index (κ3) is 4.36. The Morgan fingerprint density at radius 1 is 1.42 bits per heavy atom. The Kier molecular flexibility index (Phi) is 5.60. The summed E-state index contributed by atoms with van der Waals surface area (Å²) >= 11 is 10.9. The van der Waals surface area contributed by atoms with Gasteiger partial charge in [-0.15, -0.1) is 0 Å². The summed E-state index contributed by atoms with van der Waals surface area (Å²) in [4.78, 5) is 0.240. The van der Waals surface area contributed by atoms with Gasteiger partial charge in [-0.25, -0.2) is 13.1 Å².